The molecular formula is C19H29N5O2. The molecular weight excluding hydrogens is 330 g/mol. The highest BCUT2D eigenvalue weighted by atomic mass is 16.2. The number of nitrogens with one attached hydrogen (secondary N) is 2. The monoisotopic (exact) mass is 359 g/mol. The van der Waals surface area contributed by atoms with Crippen LogP contribution in [0.25, 0.3) is 0 Å². The molecule has 26 heavy (non-hydrogen) atoms. The van der Waals surface area contributed by atoms with Crippen molar-refractivity contribution in [3.05, 3.63) is 17.0 Å². The molecule has 2 unspecified atom stereocenters. The summed E-state index contributed by atoms with van der Waals surface area (Å²) in [5.41, 5.74) is 3.03. The Bertz CT molecular complexity index is 681. The van der Waals surface area contributed by atoms with Gasteiger partial charge in [-0.05, 0) is 44.9 Å². The topological polar surface area (TPSA) is 81.3 Å². The predicted octanol–water partition coefficient (Wildman–Crippen LogP) is 0.976. The fraction of sp³-hybridized carbons (Fsp3) is 0.737. The molecule has 7 nitrogen and oxygen atoms in total. The van der Waals surface area contributed by atoms with Gasteiger partial charge in [-0.1, -0.05) is 0 Å². The number of hydrogen-bond donors (Lipinski definition) is 2. The van der Waals surface area contributed by atoms with Gasteiger partial charge >= 0.3 is 0 Å². The standard InChI is InChI=1S/C19H29N5O2/c1-12-16(13(2)22-21-12)7-20-18(25)11-23-8-14-6-15(10-23)17-4-3-5-19(26)24(17)9-14/h14-15,17H,3-11H2,1-2H3,(H,20,25)(H,21,22)/t14?,15?,17-/m1/s1. The lowest BCUT2D eigenvalue weighted by molar-refractivity contribution is -0.145. The highest BCUT2D eigenvalue weighted by Crippen LogP contribution is 2.37. The first-order valence-corrected chi connectivity index (χ1v) is 9.80. The van der Waals surface area contributed by atoms with E-state index in [9.17, 15) is 9.59 Å². The summed E-state index contributed by atoms with van der Waals surface area (Å²) in [5, 5.41) is 10.2. The Morgan fingerprint density at radius 3 is 2.92 bits per heavy atom. The maximum Gasteiger partial charge on any atom is 0.234 e. The summed E-state index contributed by atoms with van der Waals surface area (Å²) in [5.74, 6) is 1.45. The summed E-state index contributed by atoms with van der Waals surface area (Å²) < 4.78 is 0. The predicted molar refractivity (Wildman–Crippen MR) is 97.3 cm³/mol. The number of amides is 2. The van der Waals surface area contributed by atoms with E-state index in [0.717, 1.165) is 55.8 Å². The summed E-state index contributed by atoms with van der Waals surface area (Å²) in [6.45, 7) is 7.64. The lowest BCUT2D eigenvalue weighted by atomic mass is 9.76. The number of fused-ring (bicyclic) bond motifs is 4. The number of aryl methyl sites for hydroxylation is 2. The van der Waals surface area contributed by atoms with Gasteiger partial charge in [0.25, 0.3) is 0 Å². The van der Waals surface area contributed by atoms with Crippen molar-refractivity contribution < 1.29 is 9.59 Å². The van der Waals surface area contributed by atoms with E-state index in [4.69, 9.17) is 0 Å². The molecule has 1 aromatic heterocycles. The fourth-order valence-corrected chi connectivity index (χ4v) is 5.12. The summed E-state index contributed by atoms with van der Waals surface area (Å²) in [7, 11) is 0. The second kappa shape index (κ2) is 7.02. The zero-order valence-electron chi connectivity index (χ0n) is 15.8. The number of nitrogens with zero attached hydrogens (tertiary/aromatic N) is 3. The Balaban J connectivity index is 1.32. The minimum absolute atomic E-state index is 0.0709. The van der Waals surface area contributed by atoms with Crippen LogP contribution in [0.3, 0.4) is 0 Å². The van der Waals surface area contributed by atoms with Gasteiger partial charge in [0, 0.05) is 49.9 Å². The van der Waals surface area contributed by atoms with Crippen molar-refractivity contribution in [3.63, 3.8) is 0 Å². The van der Waals surface area contributed by atoms with E-state index in [1.165, 1.54) is 6.42 Å². The number of rotatable bonds is 4. The van der Waals surface area contributed by atoms with Crippen LogP contribution in [0.1, 0.15) is 42.6 Å². The molecule has 3 aliphatic rings. The van der Waals surface area contributed by atoms with Gasteiger partial charge in [-0.2, -0.15) is 5.10 Å². The Hall–Kier alpha value is -1.89. The third-order valence-electron chi connectivity index (χ3n) is 6.37. The lowest BCUT2D eigenvalue weighted by Crippen LogP contribution is -2.61. The Kier molecular flexibility index (Phi) is 4.73. The van der Waals surface area contributed by atoms with E-state index >= 15 is 0 Å². The normalized spacial score (nSPS) is 28.8. The molecule has 2 N–H and O–H groups in total. The zero-order chi connectivity index (χ0) is 18.3. The van der Waals surface area contributed by atoms with Crippen LogP contribution in [0.5, 0.6) is 0 Å². The van der Waals surface area contributed by atoms with Crippen molar-refractivity contribution in [2.75, 3.05) is 26.2 Å². The van der Waals surface area contributed by atoms with Gasteiger partial charge in [0.1, 0.15) is 0 Å². The minimum atomic E-state index is 0.0709. The number of H-pyrrole nitrogens is 1. The van der Waals surface area contributed by atoms with E-state index in [2.05, 4.69) is 25.3 Å². The second-order valence-electron chi connectivity index (χ2n) is 8.25. The number of aromatic nitrogens is 2. The first-order chi connectivity index (χ1) is 12.5. The molecule has 3 atom stereocenters. The third-order valence-corrected chi connectivity index (χ3v) is 6.37. The molecule has 0 spiro atoms. The van der Waals surface area contributed by atoms with Gasteiger partial charge in [-0.3, -0.25) is 19.6 Å². The Labute approximate surface area is 154 Å². The molecule has 142 valence electrons. The van der Waals surface area contributed by atoms with Crippen LogP contribution in [0.4, 0.5) is 0 Å². The molecule has 2 amide bonds. The molecule has 0 aliphatic carbocycles. The molecule has 7 heteroatoms. The summed E-state index contributed by atoms with van der Waals surface area (Å²) in [6.07, 6.45) is 4.07. The van der Waals surface area contributed by atoms with Crippen LogP contribution < -0.4 is 5.32 Å². The highest BCUT2D eigenvalue weighted by Gasteiger charge is 2.43. The van der Waals surface area contributed by atoms with Crippen LogP contribution >= 0.6 is 0 Å². The minimum Gasteiger partial charge on any atom is -0.351 e. The fourth-order valence-electron chi connectivity index (χ4n) is 5.12. The van der Waals surface area contributed by atoms with Gasteiger partial charge in [0.2, 0.25) is 11.8 Å². The van der Waals surface area contributed by atoms with Crippen LogP contribution in [-0.4, -0.2) is 64.0 Å². The molecule has 3 aliphatic heterocycles. The number of aromatic amines is 1. The molecule has 4 heterocycles. The summed E-state index contributed by atoms with van der Waals surface area (Å²) in [4.78, 5) is 29.1. The van der Waals surface area contributed by atoms with Gasteiger partial charge in [0.05, 0.1) is 12.2 Å². The summed E-state index contributed by atoms with van der Waals surface area (Å²) in [6, 6.07) is 0.398. The molecule has 0 aromatic carbocycles. The van der Waals surface area contributed by atoms with E-state index in [1.807, 2.05) is 13.8 Å². The molecule has 2 bridgehead atoms. The van der Waals surface area contributed by atoms with Gasteiger partial charge < -0.3 is 10.2 Å². The van der Waals surface area contributed by atoms with Gasteiger partial charge in [0.15, 0.2) is 0 Å². The number of piperidine rings is 3. The SMILES string of the molecule is Cc1n[nH]c(C)c1CNC(=O)CN1CC2CC(C1)[C@H]1CCCC(=O)N1C2. The quantitative estimate of drug-likeness (QED) is 0.840. The number of carbonyl (C=O) groups excluding carboxylic acids is 2. The van der Waals surface area contributed by atoms with E-state index < -0.39 is 0 Å². The van der Waals surface area contributed by atoms with Crippen molar-refractivity contribution in [3.8, 4) is 0 Å². The molecule has 3 fully saturated rings. The number of carbonyl (C=O) groups is 2. The maximum absolute atomic E-state index is 12.4. The average molecular weight is 359 g/mol. The highest BCUT2D eigenvalue weighted by molar-refractivity contribution is 5.78. The summed E-state index contributed by atoms with van der Waals surface area (Å²) >= 11 is 0. The van der Waals surface area contributed by atoms with Crippen molar-refractivity contribution in [1.82, 2.24) is 25.3 Å². The molecule has 0 radical (unpaired) electrons. The van der Waals surface area contributed by atoms with E-state index in [0.29, 0.717) is 36.9 Å². The zero-order valence-corrected chi connectivity index (χ0v) is 15.8. The van der Waals surface area contributed by atoms with Crippen LogP contribution in [0.15, 0.2) is 0 Å². The Morgan fingerprint density at radius 1 is 1.31 bits per heavy atom. The number of likely N-dealkylation sites (tertiary alicyclic amines) is 1. The molecule has 4 rings (SSSR count). The van der Waals surface area contributed by atoms with Crippen LogP contribution in [0.2, 0.25) is 0 Å². The van der Waals surface area contributed by atoms with E-state index in [1.54, 1.807) is 0 Å². The van der Waals surface area contributed by atoms with Crippen molar-refractivity contribution in [1.29, 1.82) is 0 Å². The molecule has 0 saturated carbocycles. The first-order valence-electron chi connectivity index (χ1n) is 9.80. The van der Waals surface area contributed by atoms with Crippen molar-refractivity contribution in [2.45, 2.75) is 52.1 Å². The maximum atomic E-state index is 12.4. The van der Waals surface area contributed by atoms with Crippen LogP contribution in [0, 0.1) is 25.7 Å². The van der Waals surface area contributed by atoms with Crippen LogP contribution in [-0.2, 0) is 16.1 Å². The van der Waals surface area contributed by atoms with Crippen molar-refractivity contribution >= 4 is 11.8 Å². The molecule has 3 saturated heterocycles. The molecule has 1 aromatic rings. The average Bonchev–Trinajstić information content (AvgIpc) is 2.92. The largest absolute Gasteiger partial charge is 0.351 e. The first kappa shape index (κ1) is 17.5. The smallest absolute Gasteiger partial charge is 0.234 e. The van der Waals surface area contributed by atoms with Crippen molar-refractivity contribution in [2.24, 2.45) is 11.8 Å². The Morgan fingerprint density at radius 2 is 2.15 bits per heavy atom. The third kappa shape index (κ3) is 3.37. The second-order valence-corrected chi connectivity index (χ2v) is 8.25. The number of hydrogen-bond acceptors (Lipinski definition) is 4. The van der Waals surface area contributed by atoms with E-state index in [-0.39, 0.29) is 5.91 Å². The lowest BCUT2D eigenvalue weighted by Gasteiger charge is -2.52. The van der Waals surface area contributed by atoms with Gasteiger partial charge in [-0.25, -0.2) is 0 Å². The van der Waals surface area contributed by atoms with Gasteiger partial charge in [-0.15, -0.1) is 0 Å².